The summed E-state index contributed by atoms with van der Waals surface area (Å²) < 4.78 is 81.3. The van der Waals surface area contributed by atoms with Crippen molar-refractivity contribution in [2.24, 2.45) is 0 Å². The molecule has 1 N–H and O–H groups in total. The summed E-state index contributed by atoms with van der Waals surface area (Å²) in [5, 5.41) is -0.316. The fraction of sp³-hybridized carbons (Fsp3) is 0.158. The molecule has 2 heterocycles. The third-order valence-corrected chi connectivity index (χ3v) is 5.33. The summed E-state index contributed by atoms with van der Waals surface area (Å²) in [4.78, 5) is 7.58. The number of benzene rings is 1. The number of rotatable bonds is 5. The maximum atomic E-state index is 13.8. The van der Waals surface area contributed by atoms with E-state index >= 15 is 0 Å². The number of sulfonamides is 1. The molecular weight excluding hydrogens is 410 g/mol. The average Bonchev–Trinajstić information content (AvgIpc) is 2.67. The molecule has 0 saturated heterocycles. The highest BCUT2D eigenvalue weighted by molar-refractivity contribution is 7.92. The van der Waals surface area contributed by atoms with E-state index in [2.05, 4.69) is 14.7 Å². The summed E-state index contributed by atoms with van der Waals surface area (Å²) in [6, 6.07) is 9.28. The monoisotopic (exact) mass is 425 g/mol. The van der Waals surface area contributed by atoms with Gasteiger partial charge in [-0.15, -0.1) is 0 Å². The quantitative estimate of drug-likeness (QED) is 0.604. The Hall–Kier alpha value is -3.01. The van der Waals surface area contributed by atoms with Gasteiger partial charge in [0.05, 0.1) is 11.3 Å². The van der Waals surface area contributed by atoms with Crippen LogP contribution >= 0.6 is 0 Å². The van der Waals surface area contributed by atoms with Crippen LogP contribution < -0.4 is 4.72 Å². The second kappa shape index (κ2) is 7.78. The maximum absolute atomic E-state index is 13.8. The van der Waals surface area contributed by atoms with Gasteiger partial charge in [-0.25, -0.2) is 14.4 Å². The van der Waals surface area contributed by atoms with Crippen LogP contribution in [0, 0.1) is 5.82 Å². The van der Waals surface area contributed by atoms with Crippen molar-refractivity contribution in [2.45, 2.75) is 24.5 Å². The average molecular weight is 425 g/mol. The largest absolute Gasteiger partial charge is 0.418 e. The highest BCUT2D eigenvalue weighted by Crippen LogP contribution is 2.38. The van der Waals surface area contributed by atoms with E-state index in [4.69, 9.17) is 0 Å². The highest BCUT2D eigenvalue weighted by Gasteiger charge is 2.35. The van der Waals surface area contributed by atoms with E-state index in [9.17, 15) is 26.0 Å². The zero-order valence-corrected chi connectivity index (χ0v) is 15.9. The second-order valence-electron chi connectivity index (χ2n) is 6.02. The first-order valence-electron chi connectivity index (χ1n) is 8.42. The molecule has 152 valence electrons. The van der Waals surface area contributed by atoms with Gasteiger partial charge in [0, 0.05) is 11.8 Å². The van der Waals surface area contributed by atoms with Crippen LogP contribution in [0.5, 0.6) is 0 Å². The molecule has 3 rings (SSSR count). The molecule has 0 fully saturated rings. The molecular formula is C19H15F4N3O2S. The molecule has 0 atom stereocenters. The molecule has 3 aromatic rings. The normalized spacial score (nSPS) is 12.0. The Morgan fingerprint density at radius 2 is 1.83 bits per heavy atom. The second-order valence-corrected chi connectivity index (χ2v) is 7.65. The zero-order chi connectivity index (χ0) is 21.2. The van der Waals surface area contributed by atoms with Gasteiger partial charge in [0.25, 0.3) is 10.0 Å². The molecule has 0 amide bonds. The molecule has 0 aliphatic rings. The van der Waals surface area contributed by atoms with Crippen LogP contribution in [0.4, 0.5) is 23.4 Å². The van der Waals surface area contributed by atoms with Gasteiger partial charge in [0.15, 0.2) is 5.03 Å². The van der Waals surface area contributed by atoms with Crippen molar-refractivity contribution >= 4 is 15.8 Å². The van der Waals surface area contributed by atoms with Crippen LogP contribution in [0.2, 0.25) is 0 Å². The minimum atomic E-state index is -4.77. The molecule has 2 aromatic heterocycles. The van der Waals surface area contributed by atoms with Crippen molar-refractivity contribution in [1.29, 1.82) is 0 Å². The molecule has 10 heteroatoms. The summed E-state index contributed by atoms with van der Waals surface area (Å²) >= 11 is 0. The first-order chi connectivity index (χ1) is 13.6. The van der Waals surface area contributed by atoms with Crippen molar-refractivity contribution in [3.63, 3.8) is 0 Å². The van der Waals surface area contributed by atoms with Gasteiger partial charge in [-0.05, 0) is 48.4 Å². The summed E-state index contributed by atoms with van der Waals surface area (Å²) in [5.74, 6) is -1.07. The smallest absolute Gasteiger partial charge is 0.262 e. The Labute approximate surface area is 164 Å². The minimum Gasteiger partial charge on any atom is -0.262 e. The number of anilines is 1. The summed E-state index contributed by atoms with van der Waals surface area (Å²) in [6.07, 6.45) is -3.17. The van der Waals surface area contributed by atoms with E-state index in [-0.39, 0.29) is 16.4 Å². The number of nitrogens with zero attached hydrogens (tertiary/aromatic N) is 2. The third kappa shape index (κ3) is 4.53. The van der Waals surface area contributed by atoms with Crippen LogP contribution in [-0.2, 0) is 22.6 Å². The molecule has 0 aliphatic carbocycles. The topological polar surface area (TPSA) is 72.0 Å². The van der Waals surface area contributed by atoms with Crippen LogP contribution in [0.15, 0.2) is 59.8 Å². The number of halogens is 4. The first kappa shape index (κ1) is 20.7. The van der Waals surface area contributed by atoms with Crippen molar-refractivity contribution < 1.29 is 26.0 Å². The molecule has 1 aromatic carbocycles. The lowest BCUT2D eigenvalue weighted by atomic mass is 9.98. The predicted molar refractivity (Wildman–Crippen MR) is 99.1 cm³/mol. The molecule has 0 radical (unpaired) electrons. The van der Waals surface area contributed by atoms with E-state index in [1.807, 2.05) is 0 Å². The first-order valence-corrected chi connectivity index (χ1v) is 9.91. The molecule has 5 nitrogen and oxygen atoms in total. The molecule has 0 spiro atoms. The number of alkyl halides is 3. The number of hydrogen-bond acceptors (Lipinski definition) is 4. The Balaban J connectivity index is 2.14. The molecule has 0 saturated carbocycles. The molecule has 0 aliphatic heterocycles. The van der Waals surface area contributed by atoms with Crippen molar-refractivity contribution in [1.82, 2.24) is 9.97 Å². The Morgan fingerprint density at radius 1 is 1.07 bits per heavy atom. The van der Waals surface area contributed by atoms with Gasteiger partial charge in [-0.3, -0.25) is 4.72 Å². The molecule has 29 heavy (non-hydrogen) atoms. The lowest BCUT2D eigenvalue weighted by Gasteiger charge is -2.16. The van der Waals surface area contributed by atoms with Gasteiger partial charge in [0.2, 0.25) is 0 Å². The van der Waals surface area contributed by atoms with Crippen LogP contribution in [0.25, 0.3) is 11.3 Å². The number of aromatic nitrogens is 2. The van der Waals surface area contributed by atoms with E-state index in [0.717, 1.165) is 18.2 Å². The summed E-state index contributed by atoms with van der Waals surface area (Å²) in [5.41, 5.74) is -1.28. The molecule has 0 unspecified atom stereocenters. The Kier molecular flexibility index (Phi) is 5.56. The maximum Gasteiger partial charge on any atom is 0.418 e. The Bertz CT molecular complexity index is 1130. The van der Waals surface area contributed by atoms with E-state index in [0.29, 0.717) is 18.1 Å². The minimum absolute atomic E-state index is 0.0568. The van der Waals surface area contributed by atoms with Crippen molar-refractivity contribution in [3.05, 3.63) is 71.7 Å². The fourth-order valence-electron chi connectivity index (χ4n) is 2.72. The van der Waals surface area contributed by atoms with Crippen molar-refractivity contribution in [3.8, 4) is 11.3 Å². The highest BCUT2D eigenvalue weighted by atomic mass is 32.2. The summed E-state index contributed by atoms with van der Waals surface area (Å²) in [7, 11) is -4.16. The number of nitrogens with one attached hydrogen (secondary N) is 1. The zero-order valence-electron chi connectivity index (χ0n) is 15.0. The van der Waals surface area contributed by atoms with Crippen LogP contribution in [0.3, 0.4) is 0 Å². The van der Waals surface area contributed by atoms with Gasteiger partial charge >= 0.3 is 6.18 Å². The number of aryl methyl sites for hydroxylation is 1. The van der Waals surface area contributed by atoms with E-state index in [1.165, 1.54) is 30.5 Å². The Morgan fingerprint density at radius 3 is 2.45 bits per heavy atom. The molecule has 0 bridgehead atoms. The predicted octanol–water partition coefficient (Wildman–Crippen LogP) is 4.66. The van der Waals surface area contributed by atoms with Crippen molar-refractivity contribution in [2.75, 3.05) is 4.72 Å². The standard InChI is InChI=1S/C19H15F4N3O2S/c1-2-12-6-7-13(20)11-14(12)18-15(19(21,22)23)8-9-16(25-18)26-29(27,28)17-5-3-4-10-24-17/h3-11H,2H2,1H3,(H,25,26). The lowest BCUT2D eigenvalue weighted by molar-refractivity contribution is -0.137. The van der Waals surface area contributed by atoms with Gasteiger partial charge in [0.1, 0.15) is 11.6 Å². The third-order valence-electron chi connectivity index (χ3n) is 4.06. The summed E-state index contributed by atoms with van der Waals surface area (Å²) in [6.45, 7) is 1.71. The van der Waals surface area contributed by atoms with Gasteiger partial charge in [-0.2, -0.15) is 21.6 Å². The SMILES string of the molecule is CCc1ccc(F)cc1-c1nc(NS(=O)(=O)c2ccccn2)ccc1C(F)(F)F. The van der Waals surface area contributed by atoms with Gasteiger partial charge in [-0.1, -0.05) is 19.1 Å². The lowest BCUT2D eigenvalue weighted by Crippen LogP contribution is -2.17. The number of hydrogen-bond donors (Lipinski definition) is 1. The van der Waals surface area contributed by atoms with Crippen LogP contribution in [0.1, 0.15) is 18.1 Å². The van der Waals surface area contributed by atoms with Crippen LogP contribution in [-0.4, -0.2) is 18.4 Å². The van der Waals surface area contributed by atoms with E-state index in [1.54, 1.807) is 6.92 Å². The van der Waals surface area contributed by atoms with E-state index < -0.39 is 33.3 Å². The van der Waals surface area contributed by atoms with Gasteiger partial charge < -0.3 is 0 Å². The number of pyridine rings is 2. The fourth-order valence-corrected chi connectivity index (χ4v) is 3.67.